The molecule has 0 heterocycles. The third-order valence-corrected chi connectivity index (χ3v) is 3.11. The van der Waals surface area contributed by atoms with Crippen molar-refractivity contribution < 1.29 is 18.3 Å². The lowest BCUT2D eigenvalue weighted by molar-refractivity contribution is -0.137. The maximum absolute atomic E-state index is 12.4. The lowest BCUT2D eigenvalue weighted by Gasteiger charge is -2.08. The van der Waals surface area contributed by atoms with Gasteiger partial charge < -0.3 is 5.11 Å². The van der Waals surface area contributed by atoms with E-state index in [-0.39, 0.29) is 6.61 Å². The molecule has 0 spiro atoms. The second kappa shape index (κ2) is 6.09. The maximum atomic E-state index is 12.4. The largest absolute Gasteiger partial charge is 0.416 e. The van der Waals surface area contributed by atoms with Gasteiger partial charge in [-0.3, -0.25) is 0 Å². The molecule has 2 aromatic carbocycles. The Morgan fingerprint density at radius 1 is 0.750 bits per heavy atom. The predicted molar refractivity (Wildman–Crippen MR) is 71.5 cm³/mol. The van der Waals surface area contributed by atoms with Crippen LogP contribution in [0.5, 0.6) is 0 Å². The number of hydrogen-bond acceptors (Lipinski definition) is 1. The number of halogens is 3. The highest BCUT2D eigenvalue weighted by Crippen LogP contribution is 2.29. The van der Waals surface area contributed by atoms with Crippen molar-refractivity contribution in [3.63, 3.8) is 0 Å². The number of aliphatic hydroxyl groups is 1. The van der Waals surface area contributed by atoms with Crippen molar-refractivity contribution in [3.8, 4) is 0 Å². The zero-order valence-corrected chi connectivity index (χ0v) is 10.8. The quantitative estimate of drug-likeness (QED) is 0.902. The fourth-order valence-corrected chi connectivity index (χ4v) is 2.00. The second-order valence-corrected chi connectivity index (χ2v) is 4.66. The van der Waals surface area contributed by atoms with Gasteiger partial charge in [-0.15, -0.1) is 0 Å². The monoisotopic (exact) mass is 280 g/mol. The Bertz CT molecular complexity index is 541. The molecule has 4 heteroatoms. The number of rotatable bonds is 4. The van der Waals surface area contributed by atoms with Crippen LogP contribution in [0.4, 0.5) is 13.2 Å². The van der Waals surface area contributed by atoms with E-state index in [1.807, 2.05) is 24.3 Å². The van der Waals surface area contributed by atoms with E-state index < -0.39 is 11.7 Å². The molecule has 0 bridgehead atoms. The molecular formula is C16H15F3O. The third kappa shape index (κ3) is 3.84. The molecule has 2 aromatic rings. The van der Waals surface area contributed by atoms with Crippen LogP contribution in [0.3, 0.4) is 0 Å². The van der Waals surface area contributed by atoms with Crippen LogP contribution in [-0.2, 0) is 19.0 Å². The molecule has 0 amide bonds. The molecule has 0 saturated heterocycles. The topological polar surface area (TPSA) is 20.2 Å². The van der Waals surface area contributed by atoms with Gasteiger partial charge in [-0.25, -0.2) is 0 Å². The van der Waals surface area contributed by atoms with Crippen LogP contribution in [0.15, 0.2) is 48.5 Å². The van der Waals surface area contributed by atoms with Crippen LogP contribution in [0.1, 0.15) is 22.3 Å². The van der Waals surface area contributed by atoms with Gasteiger partial charge in [0.15, 0.2) is 0 Å². The first-order chi connectivity index (χ1) is 9.49. The van der Waals surface area contributed by atoms with Gasteiger partial charge in [-0.2, -0.15) is 13.2 Å². The summed E-state index contributed by atoms with van der Waals surface area (Å²) in [6.07, 6.45) is -3.08. The zero-order valence-electron chi connectivity index (χ0n) is 10.8. The van der Waals surface area contributed by atoms with Gasteiger partial charge in [-0.1, -0.05) is 36.4 Å². The van der Waals surface area contributed by atoms with Crippen molar-refractivity contribution in [2.45, 2.75) is 19.0 Å². The molecule has 2 rings (SSSR count). The Balaban J connectivity index is 2.06. The standard InChI is InChI=1S/C16H15F3O/c17-16(18,19)15-7-5-14(6-8-15)11-13-3-1-12(2-4-13)9-10-20/h1-8,20H,9-11H2. The Morgan fingerprint density at radius 3 is 1.65 bits per heavy atom. The van der Waals surface area contributed by atoms with E-state index in [0.717, 1.165) is 28.8 Å². The average Bonchev–Trinajstić information content (AvgIpc) is 2.41. The molecule has 0 fully saturated rings. The fraction of sp³-hybridized carbons (Fsp3) is 0.250. The molecule has 106 valence electrons. The van der Waals surface area contributed by atoms with Gasteiger partial charge in [0, 0.05) is 6.61 Å². The van der Waals surface area contributed by atoms with E-state index in [0.29, 0.717) is 12.8 Å². The Labute approximate surface area is 115 Å². The molecule has 0 aliphatic carbocycles. The van der Waals surface area contributed by atoms with Gasteiger partial charge in [0.1, 0.15) is 0 Å². The van der Waals surface area contributed by atoms with Crippen molar-refractivity contribution in [1.82, 2.24) is 0 Å². The number of alkyl halides is 3. The van der Waals surface area contributed by atoms with Crippen molar-refractivity contribution in [1.29, 1.82) is 0 Å². The van der Waals surface area contributed by atoms with Crippen molar-refractivity contribution in [2.24, 2.45) is 0 Å². The second-order valence-electron chi connectivity index (χ2n) is 4.66. The van der Waals surface area contributed by atoms with E-state index in [1.165, 1.54) is 12.1 Å². The van der Waals surface area contributed by atoms with Crippen LogP contribution < -0.4 is 0 Å². The summed E-state index contributed by atoms with van der Waals surface area (Å²) in [6, 6.07) is 12.9. The first-order valence-electron chi connectivity index (χ1n) is 6.34. The minimum Gasteiger partial charge on any atom is -0.396 e. The first-order valence-corrected chi connectivity index (χ1v) is 6.34. The number of hydrogen-bond donors (Lipinski definition) is 1. The van der Waals surface area contributed by atoms with Gasteiger partial charge >= 0.3 is 6.18 Å². The summed E-state index contributed by atoms with van der Waals surface area (Å²) < 4.78 is 37.3. The first kappa shape index (κ1) is 14.6. The van der Waals surface area contributed by atoms with Crippen molar-refractivity contribution >= 4 is 0 Å². The average molecular weight is 280 g/mol. The van der Waals surface area contributed by atoms with Crippen LogP contribution in [0.2, 0.25) is 0 Å². The summed E-state index contributed by atoms with van der Waals surface area (Å²) >= 11 is 0. The normalized spacial score (nSPS) is 11.6. The lowest BCUT2D eigenvalue weighted by atomic mass is 10.0. The highest BCUT2D eigenvalue weighted by atomic mass is 19.4. The number of aliphatic hydroxyl groups excluding tert-OH is 1. The molecule has 20 heavy (non-hydrogen) atoms. The van der Waals surface area contributed by atoms with E-state index >= 15 is 0 Å². The van der Waals surface area contributed by atoms with Crippen LogP contribution in [-0.4, -0.2) is 11.7 Å². The van der Waals surface area contributed by atoms with Crippen LogP contribution in [0, 0.1) is 0 Å². The van der Waals surface area contributed by atoms with Crippen molar-refractivity contribution in [3.05, 3.63) is 70.8 Å². The molecule has 0 atom stereocenters. The van der Waals surface area contributed by atoms with Gasteiger partial charge in [0.25, 0.3) is 0 Å². The smallest absolute Gasteiger partial charge is 0.396 e. The molecule has 1 nitrogen and oxygen atoms in total. The molecule has 0 aromatic heterocycles. The molecular weight excluding hydrogens is 265 g/mol. The Hall–Kier alpha value is -1.81. The lowest BCUT2D eigenvalue weighted by Crippen LogP contribution is -2.04. The van der Waals surface area contributed by atoms with E-state index in [4.69, 9.17) is 5.11 Å². The molecule has 0 aliphatic heterocycles. The molecule has 1 N–H and O–H groups in total. The van der Waals surface area contributed by atoms with E-state index in [1.54, 1.807) is 0 Å². The molecule has 0 unspecified atom stereocenters. The highest BCUT2D eigenvalue weighted by Gasteiger charge is 2.29. The van der Waals surface area contributed by atoms with Gasteiger partial charge in [0.05, 0.1) is 5.56 Å². The summed E-state index contributed by atoms with van der Waals surface area (Å²) in [4.78, 5) is 0. The Morgan fingerprint density at radius 2 is 1.20 bits per heavy atom. The van der Waals surface area contributed by atoms with Crippen LogP contribution >= 0.6 is 0 Å². The third-order valence-electron chi connectivity index (χ3n) is 3.11. The minimum absolute atomic E-state index is 0.109. The molecule has 0 aliphatic rings. The van der Waals surface area contributed by atoms with E-state index in [9.17, 15) is 13.2 Å². The summed E-state index contributed by atoms with van der Waals surface area (Å²) in [5.41, 5.74) is 2.29. The summed E-state index contributed by atoms with van der Waals surface area (Å²) in [7, 11) is 0. The fourth-order valence-electron chi connectivity index (χ4n) is 2.00. The summed E-state index contributed by atoms with van der Waals surface area (Å²) in [6.45, 7) is 0.109. The maximum Gasteiger partial charge on any atom is 0.416 e. The van der Waals surface area contributed by atoms with E-state index in [2.05, 4.69) is 0 Å². The summed E-state index contributed by atoms with van der Waals surface area (Å²) in [5.74, 6) is 0. The van der Waals surface area contributed by atoms with Gasteiger partial charge in [-0.05, 0) is 41.7 Å². The molecule has 0 radical (unpaired) electrons. The summed E-state index contributed by atoms with van der Waals surface area (Å²) in [5, 5.41) is 8.82. The highest BCUT2D eigenvalue weighted by molar-refractivity contribution is 5.31. The zero-order chi connectivity index (χ0) is 14.6. The SMILES string of the molecule is OCCc1ccc(Cc2ccc(C(F)(F)F)cc2)cc1. The Kier molecular flexibility index (Phi) is 4.45. The predicted octanol–water partition coefficient (Wildman–Crippen LogP) is 3.83. The minimum atomic E-state index is -4.29. The van der Waals surface area contributed by atoms with Crippen LogP contribution in [0.25, 0.3) is 0 Å². The van der Waals surface area contributed by atoms with Gasteiger partial charge in [0.2, 0.25) is 0 Å². The van der Waals surface area contributed by atoms with Crippen molar-refractivity contribution in [2.75, 3.05) is 6.61 Å². The number of benzene rings is 2. The molecule has 0 saturated carbocycles.